The van der Waals surface area contributed by atoms with Gasteiger partial charge in [0, 0.05) is 0 Å². The number of amides is 1. The molecule has 2 heterocycles. The maximum Gasteiger partial charge on any atom is 0.239 e. The summed E-state index contributed by atoms with van der Waals surface area (Å²) in [5, 5.41) is 10.0. The van der Waals surface area contributed by atoms with E-state index in [0.29, 0.717) is 16.9 Å². The Morgan fingerprint density at radius 1 is 1.62 bits per heavy atom. The van der Waals surface area contributed by atoms with Gasteiger partial charge in [0.05, 0.1) is 11.6 Å². The van der Waals surface area contributed by atoms with Crippen molar-refractivity contribution in [3.8, 4) is 0 Å². The quantitative estimate of drug-likeness (QED) is 0.668. The van der Waals surface area contributed by atoms with Crippen LogP contribution in [0.3, 0.4) is 0 Å². The van der Waals surface area contributed by atoms with Crippen LogP contribution in [-0.2, 0) is 4.79 Å². The first-order valence-electron chi connectivity index (χ1n) is 4.50. The number of aromatic nitrogens is 4. The largest absolute Gasteiger partial charge is 0.368 e. The minimum Gasteiger partial charge on any atom is -0.368 e. The smallest absolute Gasteiger partial charge is 0.239 e. The third-order valence-electron chi connectivity index (χ3n) is 2.06. The Bertz CT molecular complexity index is 538. The van der Waals surface area contributed by atoms with Crippen LogP contribution in [0.25, 0.3) is 11.0 Å². The number of anilines is 1. The Labute approximate surface area is 95.4 Å². The van der Waals surface area contributed by atoms with Crippen molar-refractivity contribution < 1.29 is 4.79 Å². The van der Waals surface area contributed by atoms with Crippen molar-refractivity contribution in [1.82, 2.24) is 20.2 Å². The molecule has 1 unspecified atom stereocenters. The van der Waals surface area contributed by atoms with E-state index < -0.39 is 11.9 Å². The van der Waals surface area contributed by atoms with Crippen molar-refractivity contribution in [3.63, 3.8) is 0 Å². The van der Waals surface area contributed by atoms with Gasteiger partial charge in [0.15, 0.2) is 5.65 Å². The molecule has 1 atom stereocenters. The summed E-state index contributed by atoms with van der Waals surface area (Å²) < 4.78 is 0. The number of carbonyl (C=O) groups is 1. The molecule has 0 bridgehead atoms. The Morgan fingerprint density at radius 2 is 2.38 bits per heavy atom. The monoisotopic (exact) mass is 240 g/mol. The number of aromatic amines is 1. The standard InChI is InChI=1S/C8H9ClN6O/c1-3(5(10)16)12-6-4-2-11-15-7(4)14-8(9)13-6/h2-3H,1H3,(H2,10,16)(H2,11,12,13,14,15). The molecule has 2 rings (SSSR count). The number of H-pyrrole nitrogens is 1. The number of nitrogens with two attached hydrogens (primary N) is 1. The fourth-order valence-electron chi connectivity index (χ4n) is 1.19. The number of rotatable bonds is 3. The molecule has 0 aromatic carbocycles. The predicted molar refractivity (Wildman–Crippen MR) is 59.0 cm³/mol. The average molecular weight is 241 g/mol. The number of fused-ring (bicyclic) bond motifs is 1. The van der Waals surface area contributed by atoms with Gasteiger partial charge in [-0.2, -0.15) is 15.1 Å². The highest BCUT2D eigenvalue weighted by Crippen LogP contribution is 2.20. The number of hydrogen-bond donors (Lipinski definition) is 3. The van der Waals surface area contributed by atoms with Crippen molar-refractivity contribution >= 4 is 34.4 Å². The van der Waals surface area contributed by atoms with Crippen molar-refractivity contribution in [1.29, 1.82) is 0 Å². The highest BCUT2D eigenvalue weighted by atomic mass is 35.5. The van der Waals surface area contributed by atoms with E-state index in [0.717, 1.165) is 0 Å². The lowest BCUT2D eigenvalue weighted by molar-refractivity contribution is -0.118. The molecule has 0 radical (unpaired) electrons. The lowest BCUT2D eigenvalue weighted by Gasteiger charge is -2.11. The van der Waals surface area contributed by atoms with Gasteiger partial charge >= 0.3 is 0 Å². The molecule has 0 aliphatic rings. The van der Waals surface area contributed by atoms with Crippen LogP contribution in [-0.4, -0.2) is 32.1 Å². The van der Waals surface area contributed by atoms with Crippen LogP contribution < -0.4 is 11.1 Å². The molecule has 84 valence electrons. The summed E-state index contributed by atoms with van der Waals surface area (Å²) in [5.41, 5.74) is 5.64. The molecule has 1 amide bonds. The molecule has 0 aliphatic carbocycles. The van der Waals surface area contributed by atoms with Crippen LogP contribution in [0.1, 0.15) is 6.92 Å². The van der Waals surface area contributed by atoms with Crippen LogP contribution in [0.15, 0.2) is 6.20 Å². The number of carbonyl (C=O) groups excluding carboxylic acids is 1. The van der Waals surface area contributed by atoms with Gasteiger partial charge in [0.25, 0.3) is 0 Å². The van der Waals surface area contributed by atoms with E-state index in [1.807, 2.05) is 0 Å². The average Bonchev–Trinajstić information content (AvgIpc) is 2.65. The van der Waals surface area contributed by atoms with Crippen LogP contribution in [0.2, 0.25) is 5.28 Å². The minimum atomic E-state index is -0.552. The van der Waals surface area contributed by atoms with Crippen molar-refractivity contribution in [3.05, 3.63) is 11.5 Å². The number of hydrogen-bond acceptors (Lipinski definition) is 5. The third-order valence-corrected chi connectivity index (χ3v) is 2.23. The number of halogens is 1. The Balaban J connectivity index is 2.42. The molecule has 4 N–H and O–H groups in total. The second-order valence-corrected chi connectivity index (χ2v) is 3.58. The minimum absolute atomic E-state index is 0.0657. The van der Waals surface area contributed by atoms with Crippen molar-refractivity contribution in [2.75, 3.05) is 5.32 Å². The predicted octanol–water partition coefficient (Wildman–Crippen LogP) is 0.292. The van der Waals surface area contributed by atoms with Gasteiger partial charge in [0.1, 0.15) is 11.9 Å². The molecule has 16 heavy (non-hydrogen) atoms. The zero-order chi connectivity index (χ0) is 11.7. The normalized spacial score (nSPS) is 12.6. The molecule has 0 spiro atoms. The van der Waals surface area contributed by atoms with E-state index in [1.165, 1.54) is 0 Å². The van der Waals surface area contributed by atoms with Gasteiger partial charge in [-0.05, 0) is 18.5 Å². The zero-order valence-electron chi connectivity index (χ0n) is 8.36. The fraction of sp³-hybridized carbons (Fsp3) is 0.250. The molecular formula is C8H9ClN6O. The van der Waals surface area contributed by atoms with E-state index in [2.05, 4.69) is 25.5 Å². The first-order chi connectivity index (χ1) is 7.58. The van der Waals surface area contributed by atoms with Crippen LogP contribution in [0.4, 0.5) is 5.82 Å². The molecule has 0 saturated heterocycles. The van der Waals surface area contributed by atoms with Crippen molar-refractivity contribution in [2.45, 2.75) is 13.0 Å². The lowest BCUT2D eigenvalue weighted by Crippen LogP contribution is -2.32. The second-order valence-electron chi connectivity index (χ2n) is 3.24. The summed E-state index contributed by atoms with van der Waals surface area (Å²) in [6.07, 6.45) is 1.54. The highest BCUT2D eigenvalue weighted by molar-refractivity contribution is 6.28. The summed E-state index contributed by atoms with van der Waals surface area (Å²) >= 11 is 5.72. The Hall–Kier alpha value is -1.89. The summed E-state index contributed by atoms with van der Waals surface area (Å²) in [6, 6.07) is -0.552. The van der Waals surface area contributed by atoms with Gasteiger partial charge in [-0.25, -0.2) is 0 Å². The Morgan fingerprint density at radius 3 is 3.06 bits per heavy atom. The maximum atomic E-state index is 10.9. The van der Waals surface area contributed by atoms with Gasteiger partial charge < -0.3 is 11.1 Å². The molecule has 7 nitrogen and oxygen atoms in total. The van der Waals surface area contributed by atoms with Gasteiger partial charge in [0.2, 0.25) is 11.2 Å². The first kappa shape index (κ1) is 10.6. The first-order valence-corrected chi connectivity index (χ1v) is 4.88. The maximum absolute atomic E-state index is 10.9. The van der Waals surface area contributed by atoms with E-state index >= 15 is 0 Å². The molecule has 0 aliphatic heterocycles. The number of primary amides is 1. The topological polar surface area (TPSA) is 110 Å². The van der Waals surface area contributed by atoms with Crippen molar-refractivity contribution in [2.24, 2.45) is 5.73 Å². The van der Waals surface area contributed by atoms with E-state index in [9.17, 15) is 4.79 Å². The molecular weight excluding hydrogens is 232 g/mol. The van der Waals surface area contributed by atoms with Gasteiger partial charge in [-0.15, -0.1) is 0 Å². The Kier molecular flexibility index (Phi) is 2.61. The summed E-state index contributed by atoms with van der Waals surface area (Å²) in [5.74, 6) is -0.0542. The molecule has 0 fully saturated rings. The molecule has 8 heteroatoms. The summed E-state index contributed by atoms with van der Waals surface area (Å²) in [7, 11) is 0. The van der Waals surface area contributed by atoms with Crippen LogP contribution in [0, 0.1) is 0 Å². The second kappa shape index (κ2) is 3.93. The molecule has 0 saturated carbocycles. The van der Waals surface area contributed by atoms with Crippen LogP contribution in [0.5, 0.6) is 0 Å². The lowest BCUT2D eigenvalue weighted by atomic mass is 10.3. The third kappa shape index (κ3) is 1.89. The zero-order valence-corrected chi connectivity index (χ0v) is 9.12. The summed E-state index contributed by atoms with van der Waals surface area (Å²) in [6.45, 7) is 1.63. The van der Waals surface area contributed by atoms with Crippen LogP contribution >= 0.6 is 11.6 Å². The van der Waals surface area contributed by atoms with E-state index in [4.69, 9.17) is 17.3 Å². The molecule has 2 aromatic heterocycles. The van der Waals surface area contributed by atoms with E-state index in [1.54, 1.807) is 13.1 Å². The number of nitrogens with zero attached hydrogens (tertiary/aromatic N) is 3. The SMILES string of the molecule is CC(Nc1nc(Cl)nc2[nH]ncc12)C(N)=O. The fourth-order valence-corrected chi connectivity index (χ4v) is 1.36. The van der Waals surface area contributed by atoms with E-state index in [-0.39, 0.29) is 5.28 Å². The number of nitrogens with one attached hydrogen (secondary N) is 2. The highest BCUT2D eigenvalue weighted by Gasteiger charge is 2.13. The van der Waals surface area contributed by atoms with Gasteiger partial charge in [-0.3, -0.25) is 9.89 Å². The summed E-state index contributed by atoms with van der Waals surface area (Å²) in [4.78, 5) is 18.8. The molecule has 2 aromatic rings. The van der Waals surface area contributed by atoms with Gasteiger partial charge in [-0.1, -0.05) is 0 Å².